The maximum atomic E-state index is 12.1. The number of rotatable bonds is 5. The monoisotopic (exact) mass is 384 g/mol. The molecule has 2 heterocycles. The SMILES string of the molecule is Cc1noc(C2CCN(CC(=O)Nc3ccc(OC(F)(F)F)cc3)CC2)n1. The highest BCUT2D eigenvalue weighted by atomic mass is 19.4. The largest absolute Gasteiger partial charge is 0.573 e. The minimum absolute atomic E-state index is 0.201. The molecule has 10 heteroatoms. The Balaban J connectivity index is 1.44. The average Bonchev–Trinajstić information content (AvgIpc) is 3.02. The first-order valence-electron chi connectivity index (χ1n) is 8.47. The van der Waals surface area contributed by atoms with Gasteiger partial charge in [0, 0.05) is 11.6 Å². The second-order valence-corrected chi connectivity index (χ2v) is 6.35. The molecule has 0 saturated carbocycles. The van der Waals surface area contributed by atoms with Crippen LogP contribution < -0.4 is 10.1 Å². The van der Waals surface area contributed by atoms with Crippen LogP contribution in [0.25, 0.3) is 0 Å². The molecule has 27 heavy (non-hydrogen) atoms. The zero-order chi connectivity index (χ0) is 19.4. The van der Waals surface area contributed by atoms with Crippen molar-refractivity contribution in [2.24, 2.45) is 0 Å². The van der Waals surface area contributed by atoms with Crippen molar-refractivity contribution in [3.63, 3.8) is 0 Å². The van der Waals surface area contributed by atoms with Crippen molar-refractivity contribution in [3.05, 3.63) is 36.0 Å². The first kappa shape index (κ1) is 19.2. The highest BCUT2D eigenvalue weighted by molar-refractivity contribution is 5.92. The van der Waals surface area contributed by atoms with E-state index in [4.69, 9.17) is 4.52 Å². The van der Waals surface area contributed by atoms with Crippen LogP contribution in [0.15, 0.2) is 28.8 Å². The zero-order valence-electron chi connectivity index (χ0n) is 14.6. The average molecular weight is 384 g/mol. The van der Waals surface area contributed by atoms with Crippen molar-refractivity contribution in [1.82, 2.24) is 15.0 Å². The van der Waals surface area contributed by atoms with Gasteiger partial charge in [-0.25, -0.2) is 0 Å². The first-order chi connectivity index (χ1) is 12.8. The molecule has 1 saturated heterocycles. The van der Waals surface area contributed by atoms with E-state index in [0.717, 1.165) is 38.1 Å². The van der Waals surface area contributed by atoms with Crippen LogP contribution in [0.3, 0.4) is 0 Å². The lowest BCUT2D eigenvalue weighted by atomic mass is 9.97. The summed E-state index contributed by atoms with van der Waals surface area (Å²) >= 11 is 0. The fourth-order valence-electron chi connectivity index (χ4n) is 2.96. The lowest BCUT2D eigenvalue weighted by Gasteiger charge is -2.29. The summed E-state index contributed by atoms with van der Waals surface area (Å²) in [5.74, 6) is 0.883. The van der Waals surface area contributed by atoms with Crippen molar-refractivity contribution in [2.75, 3.05) is 25.0 Å². The number of nitrogens with one attached hydrogen (secondary N) is 1. The number of nitrogens with zero attached hydrogens (tertiary/aromatic N) is 3. The van der Waals surface area contributed by atoms with E-state index in [1.807, 2.05) is 4.90 Å². The summed E-state index contributed by atoms with van der Waals surface area (Å²) in [4.78, 5) is 18.4. The van der Waals surface area contributed by atoms with Gasteiger partial charge in [-0.05, 0) is 57.1 Å². The number of aromatic nitrogens is 2. The molecule has 1 aliphatic heterocycles. The van der Waals surface area contributed by atoms with Gasteiger partial charge in [0.1, 0.15) is 5.75 Å². The number of aryl methyl sites for hydroxylation is 1. The molecule has 1 aromatic carbocycles. The van der Waals surface area contributed by atoms with Crippen LogP contribution in [0, 0.1) is 6.92 Å². The molecule has 0 unspecified atom stereocenters. The van der Waals surface area contributed by atoms with E-state index in [1.165, 1.54) is 12.1 Å². The maximum Gasteiger partial charge on any atom is 0.573 e. The minimum atomic E-state index is -4.74. The standard InChI is InChI=1S/C17H19F3N4O3/c1-11-21-16(27-23-11)12-6-8-24(9-7-12)10-15(25)22-13-2-4-14(5-3-13)26-17(18,19)20/h2-5,12H,6-10H2,1H3,(H,22,25). The number of amides is 1. The normalized spacial score (nSPS) is 16.3. The van der Waals surface area contributed by atoms with Gasteiger partial charge in [0.25, 0.3) is 0 Å². The number of benzene rings is 1. The second-order valence-electron chi connectivity index (χ2n) is 6.35. The van der Waals surface area contributed by atoms with Gasteiger partial charge < -0.3 is 14.6 Å². The van der Waals surface area contributed by atoms with Crippen molar-refractivity contribution in [3.8, 4) is 5.75 Å². The van der Waals surface area contributed by atoms with Gasteiger partial charge in [-0.3, -0.25) is 9.69 Å². The molecule has 0 radical (unpaired) electrons. The molecule has 0 spiro atoms. The molecule has 1 aromatic heterocycles. The quantitative estimate of drug-likeness (QED) is 0.853. The van der Waals surface area contributed by atoms with Crippen LogP contribution in [0.4, 0.5) is 18.9 Å². The number of anilines is 1. The molecule has 0 aliphatic carbocycles. The van der Waals surface area contributed by atoms with Crippen LogP contribution in [0.5, 0.6) is 5.75 Å². The number of hydrogen-bond acceptors (Lipinski definition) is 6. The van der Waals surface area contributed by atoms with Crippen LogP contribution in [-0.4, -0.2) is 46.9 Å². The van der Waals surface area contributed by atoms with Gasteiger partial charge in [-0.15, -0.1) is 13.2 Å². The number of likely N-dealkylation sites (tertiary alicyclic amines) is 1. The van der Waals surface area contributed by atoms with E-state index in [0.29, 0.717) is 17.4 Å². The fraction of sp³-hybridized carbons (Fsp3) is 0.471. The number of piperidine rings is 1. The Morgan fingerprint density at radius 1 is 1.30 bits per heavy atom. The van der Waals surface area contributed by atoms with E-state index in [-0.39, 0.29) is 24.1 Å². The summed E-state index contributed by atoms with van der Waals surface area (Å²) in [5, 5.41) is 6.46. The number of carbonyl (C=O) groups excluding carboxylic acids is 1. The molecule has 1 amide bonds. The summed E-state index contributed by atoms with van der Waals surface area (Å²) < 4.78 is 45.4. The van der Waals surface area contributed by atoms with E-state index in [9.17, 15) is 18.0 Å². The number of carbonyl (C=O) groups is 1. The lowest BCUT2D eigenvalue weighted by Crippen LogP contribution is -2.38. The molecule has 0 atom stereocenters. The van der Waals surface area contributed by atoms with Crippen LogP contribution >= 0.6 is 0 Å². The van der Waals surface area contributed by atoms with Gasteiger partial charge in [-0.2, -0.15) is 4.98 Å². The summed E-state index contributed by atoms with van der Waals surface area (Å²) in [5.41, 5.74) is 0.408. The third kappa shape index (κ3) is 5.68. The molecule has 3 rings (SSSR count). The fourth-order valence-corrected chi connectivity index (χ4v) is 2.96. The third-order valence-electron chi connectivity index (χ3n) is 4.22. The number of alkyl halides is 3. The highest BCUT2D eigenvalue weighted by Gasteiger charge is 2.31. The molecule has 2 aromatic rings. The van der Waals surface area contributed by atoms with Gasteiger partial charge in [0.15, 0.2) is 5.82 Å². The first-order valence-corrected chi connectivity index (χ1v) is 8.47. The molecular weight excluding hydrogens is 365 g/mol. The number of halogens is 3. The molecular formula is C17H19F3N4O3. The number of hydrogen-bond donors (Lipinski definition) is 1. The Hall–Kier alpha value is -2.62. The smallest absolute Gasteiger partial charge is 0.406 e. The summed E-state index contributed by atoms with van der Waals surface area (Å²) in [6, 6.07) is 5.04. The summed E-state index contributed by atoms with van der Waals surface area (Å²) in [6.45, 7) is 3.42. The molecule has 1 N–H and O–H groups in total. The minimum Gasteiger partial charge on any atom is -0.406 e. The predicted molar refractivity (Wildman–Crippen MR) is 89.2 cm³/mol. The molecule has 7 nitrogen and oxygen atoms in total. The maximum absolute atomic E-state index is 12.1. The number of ether oxygens (including phenoxy) is 1. The zero-order valence-corrected chi connectivity index (χ0v) is 14.6. The Morgan fingerprint density at radius 2 is 1.96 bits per heavy atom. The van der Waals surface area contributed by atoms with Crippen LogP contribution in [0.2, 0.25) is 0 Å². The Labute approximate surface area is 153 Å². The molecule has 1 fully saturated rings. The Bertz CT molecular complexity index is 768. The van der Waals surface area contributed by atoms with Gasteiger partial charge in [0.2, 0.25) is 11.8 Å². The molecule has 0 bridgehead atoms. The van der Waals surface area contributed by atoms with Crippen molar-refractivity contribution in [1.29, 1.82) is 0 Å². The van der Waals surface area contributed by atoms with Gasteiger partial charge in [-0.1, -0.05) is 5.16 Å². The van der Waals surface area contributed by atoms with E-state index in [1.54, 1.807) is 6.92 Å². The Morgan fingerprint density at radius 3 is 2.52 bits per heavy atom. The van der Waals surface area contributed by atoms with Crippen molar-refractivity contribution in [2.45, 2.75) is 32.0 Å². The summed E-state index contributed by atoms with van der Waals surface area (Å²) in [7, 11) is 0. The van der Waals surface area contributed by atoms with E-state index in [2.05, 4.69) is 20.2 Å². The van der Waals surface area contributed by atoms with Crippen molar-refractivity contribution < 1.29 is 27.2 Å². The van der Waals surface area contributed by atoms with E-state index < -0.39 is 6.36 Å². The van der Waals surface area contributed by atoms with Gasteiger partial charge in [0.05, 0.1) is 6.54 Å². The second kappa shape index (κ2) is 7.95. The topological polar surface area (TPSA) is 80.5 Å². The summed E-state index contributed by atoms with van der Waals surface area (Å²) in [6.07, 6.45) is -3.10. The van der Waals surface area contributed by atoms with Crippen LogP contribution in [0.1, 0.15) is 30.5 Å². The lowest BCUT2D eigenvalue weighted by molar-refractivity contribution is -0.274. The molecule has 146 valence electrons. The highest BCUT2D eigenvalue weighted by Crippen LogP contribution is 2.27. The van der Waals surface area contributed by atoms with Crippen LogP contribution in [-0.2, 0) is 4.79 Å². The van der Waals surface area contributed by atoms with Gasteiger partial charge >= 0.3 is 6.36 Å². The predicted octanol–water partition coefficient (Wildman–Crippen LogP) is 3.09. The molecule has 1 aliphatic rings. The van der Waals surface area contributed by atoms with E-state index >= 15 is 0 Å². The van der Waals surface area contributed by atoms with Crippen molar-refractivity contribution >= 4 is 11.6 Å². The Kier molecular flexibility index (Phi) is 5.64. The third-order valence-corrected chi connectivity index (χ3v) is 4.22.